The number of benzene rings is 2. The lowest BCUT2D eigenvalue weighted by molar-refractivity contribution is -0.141. The minimum absolute atomic E-state index is 0.200. The average Bonchev–Trinajstić information content (AvgIpc) is 3.62. The monoisotopic (exact) mass is 570 g/mol. The minimum atomic E-state index is -0.939. The zero-order chi connectivity index (χ0) is 28.7. The van der Waals surface area contributed by atoms with Gasteiger partial charge in [-0.05, 0) is 49.4 Å². The van der Waals surface area contributed by atoms with Crippen molar-refractivity contribution < 1.29 is 24.2 Å². The van der Waals surface area contributed by atoms with Crippen molar-refractivity contribution in [2.75, 3.05) is 19.8 Å². The predicted octanol–water partition coefficient (Wildman–Crippen LogP) is 2.86. The van der Waals surface area contributed by atoms with E-state index in [1.165, 1.54) is 0 Å². The van der Waals surface area contributed by atoms with Crippen LogP contribution in [0, 0.1) is 0 Å². The van der Waals surface area contributed by atoms with Crippen LogP contribution in [0.15, 0.2) is 59.6 Å². The van der Waals surface area contributed by atoms with Gasteiger partial charge in [-0.1, -0.05) is 61.0 Å². The number of nitrogens with zero attached hydrogens (tertiary/aromatic N) is 2. The van der Waals surface area contributed by atoms with Crippen LogP contribution in [0.1, 0.15) is 44.2 Å². The molecule has 2 aliphatic heterocycles. The van der Waals surface area contributed by atoms with Crippen LogP contribution in [0.5, 0.6) is 0 Å². The molecule has 1 unspecified atom stereocenters. The summed E-state index contributed by atoms with van der Waals surface area (Å²) in [4.78, 5) is 33.3. The number of carbonyl (C=O) groups is 2. The van der Waals surface area contributed by atoms with Crippen LogP contribution in [-0.4, -0.2) is 77.2 Å². The summed E-state index contributed by atoms with van der Waals surface area (Å²) in [6.07, 6.45) is 1.70. The molecule has 2 aromatic carbocycles. The maximum absolute atomic E-state index is 14.0. The average molecular weight is 571 g/mol. The number of hydrogen-bond donors (Lipinski definition) is 3. The normalized spacial score (nSPS) is 22.8. The first kappa shape index (κ1) is 30.0. The standard InChI is InChI=1S/C30H39ClN4O5/c1-3-24(32)27(37)33-26(20(2)39-17-21-9-5-4-6-10-21)29(38)35-14-8-13-25(35)28-34-30(18-36,19-40-28)16-22-11-7-12-23(31)15-22/h4-7,9-12,15,20,24-26,36H,3,8,13-14,16-19,32H2,1-2H3,(H,33,37)/t20?,24-,25-,26-,30-/m0/s1. The number of carbonyl (C=O) groups excluding carboxylic acids is 2. The molecular weight excluding hydrogens is 532 g/mol. The van der Waals surface area contributed by atoms with Crippen LogP contribution in [-0.2, 0) is 32.1 Å². The second kappa shape index (κ2) is 13.6. The van der Waals surface area contributed by atoms with Crippen LogP contribution < -0.4 is 11.1 Å². The van der Waals surface area contributed by atoms with Crippen LogP contribution in [0.3, 0.4) is 0 Å². The summed E-state index contributed by atoms with van der Waals surface area (Å²) in [5.41, 5.74) is 7.02. The van der Waals surface area contributed by atoms with Gasteiger partial charge < -0.3 is 30.5 Å². The van der Waals surface area contributed by atoms with E-state index in [0.29, 0.717) is 43.3 Å². The summed E-state index contributed by atoms with van der Waals surface area (Å²) < 4.78 is 12.1. The third-order valence-electron chi connectivity index (χ3n) is 7.54. The maximum atomic E-state index is 14.0. The first-order valence-electron chi connectivity index (χ1n) is 13.8. The van der Waals surface area contributed by atoms with E-state index < -0.39 is 35.7 Å². The topological polar surface area (TPSA) is 126 Å². The number of nitrogens with two attached hydrogens (primary N) is 1. The summed E-state index contributed by atoms with van der Waals surface area (Å²) >= 11 is 6.16. The molecule has 0 aromatic heterocycles. The Hall–Kier alpha value is -2.98. The Morgan fingerprint density at radius 1 is 1.25 bits per heavy atom. The predicted molar refractivity (Wildman–Crippen MR) is 154 cm³/mol. The maximum Gasteiger partial charge on any atom is 0.248 e. The number of aliphatic hydroxyl groups excluding tert-OH is 1. The van der Waals surface area contributed by atoms with Gasteiger partial charge in [-0.3, -0.25) is 9.59 Å². The van der Waals surface area contributed by atoms with Gasteiger partial charge in [0.25, 0.3) is 0 Å². The summed E-state index contributed by atoms with van der Waals surface area (Å²) in [5, 5.41) is 13.8. The fourth-order valence-corrected chi connectivity index (χ4v) is 5.33. The molecule has 0 radical (unpaired) electrons. The lowest BCUT2D eigenvalue weighted by Crippen LogP contribution is -2.58. The molecule has 1 saturated heterocycles. The fourth-order valence-electron chi connectivity index (χ4n) is 5.12. The van der Waals surface area contributed by atoms with Crippen LogP contribution >= 0.6 is 11.6 Å². The first-order chi connectivity index (χ1) is 19.2. The summed E-state index contributed by atoms with van der Waals surface area (Å²) in [6, 6.07) is 15.0. The zero-order valence-corrected chi connectivity index (χ0v) is 23.8. The van der Waals surface area contributed by atoms with Gasteiger partial charge in [0.05, 0.1) is 25.4 Å². The molecule has 40 heavy (non-hydrogen) atoms. The molecule has 216 valence electrons. The van der Waals surface area contributed by atoms with E-state index >= 15 is 0 Å². The zero-order valence-electron chi connectivity index (χ0n) is 23.1. The second-order valence-electron chi connectivity index (χ2n) is 10.6. The Balaban J connectivity index is 1.52. The summed E-state index contributed by atoms with van der Waals surface area (Å²) in [7, 11) is 0. The van der Waals surface area contributed by atoms with Gasteiger partial charge in [-0.2, -0.15) is 0 Å². The van der Waals surface area contributed by atoms with Crippen molar-refractivity contribution in [2.24, 2.45) is 10.7 Å². The Kier molecular flexibility index (Phi) is 10.2. The number of ether oxygens (including phenoxy) is 2. The Bertz CT molecular complexity index is 1200. The molecule has 9 nitrogen and oxygen atoms in total. The molecule has 2 aliphatic rings. The number of aliphatic hydroxyl groups is 1. The number of halogens is 1. The Morgan fingerprint density at radius 3 is 2.70 bits per heavy atom. The van der Waals surface area contributed by atoms with Crippen LogP contribution in [0.2, 0.25) is 5.02 Å². The van der Waals surface area contributed by atoms with Gasteiger partial charge in [0, 0.05) is 18.0 Å². The molecule has 5 atom stereocenters. The lowest BCUT2D eigenvalue weighted by atomic mass is 9.93. The van der Waals surface area contributed by atoms with E-state index in [2.05, 4.69) is 5.32 Å². The van der Waals surface area contributed by atoms with Crippen LogP contribution in [0.25, 0.3) is 0 Å². The fraction of sp³-hybridized carbons (Fsp3) is 0.500. The van der Waals surface area contributed by atoms with E-state index in [1.54, 1.807) is 17.9 Å². The summed E-state index contributed by atoms with van der Waals surface area (Å²) in [6.45, 7) is 4.37. The second-order valence-corrected chi connectivity index (χ2v) is 11.1. The van der Waals surface area contributed by atoms with E-state index in [4.69, 9.17) is 31.8 Å². The van der Waals surface area contributed by atoms with Crippen molar-refractivity contribution in [3.05, 3.63) is 70.7 Å². The molecule has 4 N–H and O–H groups in total. The lowest BCUT2D eigenvalue weighted by Gasteiger charge is -2.32. The Labute approximate surface area is 240 Å². The highest BCUT2D eigenvalue weighted by Gasteiger charge is 2.44. The van der Waals surface area contributed by atoms with Crippen molar-refractivity contribution in [1.29, 1.82) is 0 Å². The first-order valence-corrected chi connectivity index (χ1v) is 14.2. The molecule has 0 saturated carbocycles. The van der Waals surface area contributed by atoms with Crippen molar-refractivity contribution in [3.63, 3.8) is 0 Å². The smallest absolute Gasteiger partial charge is 0.248 e. The molecule has 2 aromatic rings. The van der Waals surface area contributed by atoms with E-state index in [9.17, 15) is 14.7 Å². The molecule has 0 bridgehead atoms. The van der Waals surface area contributed by atoms with Gasteiger partial charge in [0.1, 0.15) is 24.2 Å². The molecule has 2 amide bonds. The van der Waals surface area contributed by atoms with E-state index in [-0.39, 0.29) is 19.1 Å². The molecule has 0 spiro atoms. The van der Waals surface area contributed by atoms with Gasteiger partial charge in [0.15, 0.2) is 0 Å². The third kappa shape index (κ3) is 7.20. The molecule has 1 fully saturated rings. The molecule has 2 heterocycles. The highest BCUT2D eigenvalue weighted by Crippen LogP contribution is 2.30. The number of likely N-dealkylation sites (tertiary alicyclic amines) is 1. The number of amides is 2. The number of rotatable bonds is 12. The number of aliphatic imine (C=N–C) groups is 1. The molecule has 10 heteroatoms. The quantitative estimate of drug-likeness (QED) is 0.360. The van der Waals surface area contributed by atoms with Crippen molar-refractivity contribution >= 4 is 29.3 Å². The summed E-state index contributed by atoms with van der Waals surface area (Å²) in [5.74, 6) is -0.250. The largest absolute Gasteiger partial charge is 0.477 e. The van der Waals surface area contributed by atoms with E-state index in [0.717, 1.165) is 17.5 Å². The van der Waals surface area contributed by atoms with Crippen molar-refractivity contribution in [1.82, 2.24) is 10.2 Å². The Morgan fingerprint density at radius 2 is 2.00 bits per heavy atom. The van der Waals surface area contributed by atoms with Crippen molar-refractivity contribution in [2.45, 2.75) is 75.9 Å². The third-order valence-corrected chi connectivity index (χ3v) is 7.77. The molecule has 0 aliphatic carbocycles. The highest BCUT2D eigenvalue weighted by molar-refractivity contribution is 6.30. The molecular formula is C30H39ClN4O5. The van der Waals surface area contributed by atoms with Gasteiger partial charge in [0.2, 0.25) is 17.7 Å². The van der Waals surface area contributed by atoms with E-state index in [1.807, 2.05) is 55.5 Å². The van der Waals surface area contributed by atoms with Crippen molar-refractivity contribution in [3.8, 4) is 0 Å². The van der Waals surface area contributed by atoms with Gasteiger partial charge >= 0.3 is 0 Å². The van der Waals surface area contributed by atoms with Gasteiger partial charge in [-0.25, -0.2) is 4.99 Å². The minimum Gasteiger partial charge on any atom is -0.477 e. The number of nitrogens with one attached hydrogen (secondary N) is 1. The van der Waals surface area contributed by atoms with Gasteiger partial charge in [-0.15, -0.1) is 0 Å². The molecule has 4 rings (SSSR count). The SMILES string of the molecule is CC[C@H](N)C(=O)N[C@H](C(=O)N1CCC[C@H]1C1=N[C@](CO)(Cc2cccc(Cl)c2)CO1)C(C)OCc1ccccc1. The number of hydrogen-bond acceptors (Lipinski definition) is 7. The highest BCUT2D eigenvalue weighted by atomic mass is 35.5. The van der Waals surface area contributed by atoms with Crippen LogP contribution in [0.4, 0.5) is 0 Å².